The lowest BCUT2D eigenvalue weighted by molar-refractivity contribution is 0.469. The molecule has 2 aromatic rings. The minimum absolute atomic E-state index is 0.0703. The Kier molecular flexibility index (Phi) is 7.84. The van der Waals surface area contributed by atoms with Crippen LogP contribution in [0.4, 0.5) is 0 Å². The molecule has 0 amide bonds. The number of hydrogen-bond donors (Lipinski definition) is 1. The number of aliphatic imine (C=N–C) groups is 1. The number of pyridine rings is 1. The molecule has 0 saturated carbocycles. The first-order chi connectivity index (χ1) is 13.3. The molecule has 154 valence electrons. The lowest BCUT2D eigenvalue weighted by Gasteiger charge is -2.22. The molecular weight excluding hydrogens is 352 g/mol. The largest absolute Gasteiger partial charge is 0.356 e. The summed E-state index contributed by atoms with van der Waals surface area (Å²) in [6, 6.07) is 5.40. The van der Waals surface area contributed by atoms with E-state index in [-0.39, 0.29) is 5.56 Å². The molecular formula is C21H34N6O. The van der Waals surface area contributed by atoms with Crippen LogP contribution >= 0.6 is 0 Å². The fraction of sp³-hybridized carbons (Fsp3) is 0.571. The zero-order valence-corrected chi connectivity index (χ0v) is 18.1. The van der Waals surface area contributed by atoms with E-state index < -0.39 is 0 Å². The third-order valence-corrected chi connectivity index (χ3v) is 4.82. The summed E-state index contributed by atoms with van der Waals surface area (Å²) < 4.78 is 3.71. The van der Waals surface area contributed by atoms with Gasteiger partial charge in [0.1, 0.15) is 0 Å². The molecule has 0 unspecified atom stereocenters. The van der Waals surface area contributed by atoms with Gasteiger partial charge in [-0.3, -0.25) is 14.5 Å². The van der Waals surface area contributed by atoms with Gasteiger partial charge < -0.3 is 14.8 Å². The molecule has 1 N–H and O–H groups in total. The van der Waals surface area contributed by atoms with Crippen LogP contribution in [0.5, 0.6) is 0 Å². The Balaban J connectivity index is 1.83. The summed E-state index contributed by atoms with van der Waals surface area (Å²) in [6.07, 6.45) is 4.00. The van der Waals surface area contributed by atoms with Gasteiger partial charge in [-0.05, 0) is 31.7 Å². The number of unbranched alkanes of at least 4 members (excludes halogenated alkanes) is 1. The Labute approximate surface area is 168 Å². The molecule has 2 aromatic heterocycles. The highest BCUT2D eigenvalue weighted by atomic mass is 16.1. The second-order valence-electron chi connectivity index (χ2n) is 7.56. The fourth-order valence-corrected chi connectivity index (χ4v) is 3.38. The third kappa shape index (κ3) is 5.71. The molecule has 0 saturated heterocycles. The molecule has 7 nitrogen and oxygen atoms in total. The lowest BCUT2D eigenvalue weighted by atomic mass is 10.1. The van der Waals surface area contributed by atoms with Gasteiger partial charge in [-0.2, -0.15) is 5.10 Å². The van der Waals surface area contributed by atoms with Gasteiger partial charge in [0.25, 0.3) is 5.56 Å². The average molecular weight is 387 g/mol. The second-order valence-corrected chi connectivity index (χ2v) is 7.56. The third-order valence-electron chi connectivity index (χ3n) is 4.82. The van der Waals surface area contributed by atoms with E-state index in [1.165, 1.54) is 5.56 Å². The van der Waals surface area contributed by atoms with Crippen LogP contribution in [0.3, 0.4) is 0 Å². The molecule has 0 aliphatic rings. The van der Waals surface area contributed by atoms with Crippen molar-refractivity contribution in [2.24, 2.45) is 12.0 Å². The van der Waals surface area contributed by atoms with E-state index in [0.717, 1.165) is 49.8 Å². The molecule has 2 heterocycles. The minimum atomic E-state index is 0.0703. The molecule has 0 spiro atoms. The number of aryl methyl sites for hydroxylation is 2. The van der Waals surface area contributed by atoms with Crippen molar-refractivity contribution in [3.63, 3.8) is 0 Å². The molecule has 2 rings (SSSR count). The molecule has 0 aliphatic heterocycles. The standard InChI is InChI=1S/C21H34N6O/c1-16(2)20-18(15-26(6)24-20)14-25(5)21(22-4)23-12-7-8-13-27-17(3)10-9-11-19(27)28/h9-11,15-16H,7-8,12-14H2,1-6H3,(H,22,23). The zero-order valence-electron chi connectivity index (χ0n) is 18.1. The first kappa shape index (κ1) is 21.7. The van der Waals surface area contributed by atoms with Gasteiger partial charge >= 0.3 is 0 Å². The molecule has 0 fully saturated rings. The fourth-order valence-electron chi connectivity index (χ4n) is 3.38. The highest BCUT2D eigenvalue weighted by molar-refractivity contribution is 5.79. The maximum Gasteiger partial charge on any atom is 0.250 e. The van der Waals surface area contributed by atoms with E-state index in [1.807, 2.05) is 42.4 Å². The van der Waals surface area contributed by atoms with Crippen molar-refractivity contribution in [3.05, 3.63) is 51.7 Å². The molecule has 0 atom stereocenters. The van der Waals surface area contributed by atoms with Gasteiger partial charge in [0.15, 0.2) is 5.96 Å². The van der Waals surface area contributed by atoms with Crippen molar-refractivity contribution in [2.75, 3.05) is 20.6 Å². The lowest BCUT2D eigenvalue weighted by Crippen LogP contribution is -2.39. The Hall–Kier alpha value is -2.57. The number of nitrogens with one attached hydrogen (secondary N) is 1. The molecule has 7 heteroatoms. The summed E-state index contributed by atoms with van der Waals surface area (Å²) in [4.78, 5) is 18.4. The smallest absolute Gasteiger partial charge is 0.250 e. The van der Waals surface area contributed by atoms with Crippen LogP contribution in [0.1, 0.15) is 49.6 Å². The van der Waals surface area contributed by atoms with Gasteiger partial charge in [-0.25, -0.2) is 0 Å². The van der Waals surface area contributed by atoms with E-state index in [4.69, 9.17) is 0 Å². The number of aromatic nitrogens is 3. The highest BCUT2D eigenvalue weighted by Gasteiger charge is 2.14. The van der Waals surface area contributed by atoms with Crippen LogP contribution in [0.25, 0.3) is 0 Å². The average Bonchev–Trinajstić information content (AvgIpc) is 3.00. The SMILES string of the molecule is CN=C(NCCCCn1c(C)cccc1=O)N(C)Cc1cn(C)nc1C(C)C. The summed E-state index contributed by atoms with van der Waals surface area (Å²) in [5, 5.41) is 8.00. The van der Waals surface area contributed by atoms with Crippen molar-refractivity contribution < 1.29 is 0 Å². The predicted octanol–water partition coefficient (Wildman–Crippen LogP) is 2.50. The summed E-state index contributed by atoms with van der Waals surface area (Å²) >= 11 is 0. The van der Waals surface area contributed by atoms with Gasteiger partial charge in [-0.1, -0.05) is 19.9 Å². The van der Waals surface area contributed by atoms with E-state index in [2.05, 4.69) is 40.4 Å². The van der Waals surface area contributed by atoms with Crippen molar-refractivity contribution in [3.8, 4) is 0 Å². The monoisotopic (exact) mass is 386 g/mol. The summed E-state index contributed by atoms with van der Waals surface area (Å²) in [6.45, 7) is 8.63. The quantitative estimate of drug-likeness (QED) is 0.430. The van der Waals surface area contributed by atoms with E-state index in [9.17, 15) is 4.79 Å². The van der Waals surface area contributed by atoms with Gasteiger partial charge in [0.2, 0.25) is 0 Å². The Bertz CT molecular complexity index is 849. The zero-order chi connectivity index (χ0) is 20.7. The summed E-state index contributed by atoms with van der Waals surface area (Å²) in [5.41, 5.74) is 3.43. The van der Waals surface area contributed by atoms with Crippen LogP contribution < -0.4 is 10.9 Å². The Morgan fingerprint density at radius 2 is 2.07 bits per heavy atom. The first-order valence-corrected chi connectivity index (χ1v) is 9.94. The van der Waals surface area contributed by atoms with Crippen LogP contribution in [0, 0.1) is 6.92 Å². The van der Waals surface area contributed by atoms with E-state index >= 15 is 0 Å². The van der Waals surface area contributed by atoms with Crippen LogP contribution in [-0.2, 0) is 20.1 Å². The van der Waals surface area contributed by atoms with Crippen LogP contribution in [0.2, 0.25) is 0 Å². The highest BCUT2D eigenvalue weighted by Crippen LogP contribution is 2.18. The maximum atomic E-state index is 11.9. The molecule has 0 aromatic carbocycles. The van der Waals surface area contributed by atoms with Crippen molar-refractivity contribution in [1.82, 2.24) is 24.6 Å². The Morgan fingerprint density at radius 1 is 1.32 bits per heavy atom. The molecule has 0 radical (unpaired) electrons. The number of rotatable bonds is 8. The summed E-state index contributed by atoms with van der Waals surface area (Å²) in [5.74, 6) is 1.26. The van der Waals surface area contributed by atoms with Crippen molar-refractivity contribution in [2.45, 2.75) is 52.6 Å². The van der Waals surface area contributed by atoms with Crippen molar-refractivity contribution in [1.29, 1.82) is 0 Å². The van der Waals surface area contributed by atoms with Crippen LogP contribution in [-0.4, -0.2) is 45.8 Å². The van der Waals surface area contributed by atoms with Crippen molar-refractivity contribution >= 4 is 5.96 Å². The Morgan fingerprint density at radius 3 is 2.71 bits per heavy atom. The van der Waals surface area contributed by atoms with Gasteiger partial charge in [0.05, 0.1) is 5.69 Å². The number of guanidine groups is 1. The maximum absolute atomic E-state index is 11.9. The topological polar surface area (TPSA) is 67.5 Å². The number of hydrogen-bond acceptors (Lipinski definition) is 3. The normalized spacial score (nSPS) is 11.9. The predicted molar refractivity (Wildman–Crippen MR) is 115 cm³/mol. The van der Waals surface area contributed by atoms with Crippen LogP contribution in [0.15, 0.2) is 34.2 Å². The molecule has 28 heavy (non-hydrogen) atoms. The number of nitrogens with zero attached hydrogens (tertiary/aromatic N) is 5. The second kappa shape index (κ2) is 10.1. The minimum Gasteiger partial charge on any atom is -0.356 e. The molecule has 0 bridgehead atoms. The molecule has 0 aliphatic carbocycles. The van der Waals surface area contributed by atoms with E-state index in [0.29, 0.717) is 5.92 Å². The first-order valence-electron chi connectivity index (χ1n) is 9.94. The van der Waals surface area contributed by atoms with Gasteiger partial charge in [-0.15, -0.1) is 0 Å². The summed E-state index contributed by atoms with van der Waals surface area (Å²) in [7, 11) is 5.81. The van der Waals surface area contributed by atoms with Gasteiger partial charge in [0, 0.05) is 64.3 Å². The van der Waals surface area contributed by atoms with E-state index in [1.54, 1.807) is 13.1 Å².